The fourth-order valence-corrected chi connectivity index (χ4v) is 3.44. The van der Waals surface area contributed by atoms with Crippen LogP contribution in [0.15, 0.2) is 17.5 Å². The Hall–Kier alpha value is -1.34. The first-order chi connectivity index (χ1) is 9.91. The van der Waals surface area contributed by atoms with Crippen LogP contribution in [0.4, 0.5) is 0 Å². The summed E-state index contributed by atoms with van der Waals surface area (Å²) in [7, 11) is 0. The number of hydrogen-bond donors (Lipinski definition) is 1. The predicted molar refractivity (Wildman–Crippen MR) is 88.2 cm³/mol. The maximum absolute atomic E-state index is 12.6. The number of carbonyl (C=O) groups excluding carboxylic acids is 1. The van der Waals surface area contributed by atoms with Gasteiger partial charge in [0.25, 0.3) is 0 Å². The van der Waals surface area contributed by atoms with Crippen molar-refractivity contribution in [3.63, 3.8) is 0 Å². The lowest BCUT2D eigenvalue weighted by molar-refractivity contribution is -0.129. The summed E-state index contributed by atoms with van der Waals surface area (Å²) >= 11 is 1.70. The molecule has 21 heavy (non-hydrogen) atoms. The van der Waals surface area contributed by atoms with Gasteiger partial charge in [-0.05, 0) is 24.3 Å². The van der Waals surface area contributed by atoms with Gasteiger partial charge >= 0.3 is 0 Å². The van der Waals surface area contributed by atoms with Crippen molar-refractivity contribution in [1.29, 1.82) is 5.26 Å². The number of rotatable bonds is 8. The average Bonchev–Trinajstić information content (AvgIpc) is 2.99. The van der Waals surface area contributed by atoms with Crippen molar-refractivity contribution in [3.05, 3.63) is 22.4 Å². The molecule has 1 N–H and O–H groups in total. The van der Waals surface area contributed by atoms with E-state index in [2.05, 4.69) is 31.3 Å². The molecule has 0 aliphatic rings. The van der Waals surface area contributed by atoms with E-state index < -0.39 is 5.41 Å². The molecule has 0 fully saturated rings. The number of carbonyl (C=O) groups is 1. The lowest BCUT2D eigenvalue weighted by Crippen LogP contribution is -2.44. The van der Waals surface area contributed by atoms with Crippen LogP contribution in [0.1, 0.15) is 58.3 Å². The largest absolute Gasteiger partial charge is 0.354 e. The van der Waals surface area contributed by atoms with Crippen molar-refractivity contribution in [2.24, 2.45) is 5.41 Å². The summed E-state index contributed by atoms with van der Waals surface area (Å²) in [5, 5.41) is 14.6. The van der Waals surface area contributed by atoms with Crippen LogP contribution >= 0.6 is 11.3 Å². The van der Waals surface area contributed by atoms with E-state index in [1.54, 1.807) is 11.3 Å². The number of thiophene rings is 1. The van der Waals surface area contributed by atoms with Crippen molar-refractivity contribution in [1.82, 2.24) is 5.32 Å². The van der Waals surface area contributed by atoms with E-state index in [-0.39, 0.29) is 11.3 Å². The molecule has 0 unspecified atom stereocenters. The predicted octanol–water partition coefficient (Wildman–Crippen LogP) is 4.25. The van der Waals surface area contributed by atoms with Crippen molar-refractivity contribution < 1.29 is 4.79 Å². The average molecular weight is 306 g/mol. The number of nitrogens with zero attached hydrogens (tertiary/aromatic N) is 1. The fraction of sp³-hybridized carbons (Fsp3) is 0.647. The second kappa shape index (κ2) is 7.61. The van der Waals surface area contributed by atoms with Crippen LogP contribution < -0.4 is 5.32 Å². The first-order valence-electron chi connectivity index (χ1n) is 7.65. The van der Waals surface area contributed by atoms with E-state index in [0.29, 0.717) is 19.4 Å². The molecule has 0 aromatic carbocycles. The molecule has 4 heteroatoms. The van der Waals surface area contributed by atoms with E-state index in [1.807, 2.05) is 25.3 Å². The van der Waals surface area contributed by atoms with Crippen LogP contribution in [0.2, 0.25) is 0 Å². The van der Waals surface area contributed by atoms with E-state index in [4.69, 9.17) is 0 Å². The zero-order valence-corrected chi connectivity index (χ0v) is 14.3. The Labute approximate surface area is 132 Å². The maximum atomic E-state index is 12.6. The Morgan fingerprint density at radius 1 is 1.33 bits per heavy atom. The molecule has 0 spiro atoms. The lowest BCUT2D eigenvalue weighted by Gasteiger charge is -2.29. The summed E-state index contributed by atoms with van der Waals surface area (Å²) in [5.74, 6) is -0.113. The minimum atomic E-state index is -0.866. The van der Waals surface area contributed by atoms with Gasteiger partial charge in [0.05, 0.1) is 6.07 Å². The lowest BCUT2D eigenvalue weighted by atomic mass is 9.79. The summed E-state index contributed by atoms with van der Waals surface area (Å²) < 4.78 is 0. The molecule has 1 rings (SSSR count). The van der Waals surface area contributed by atoms with Crippen molar-refractivity contribution >= 4 is 17.2 Å². The highest BCUT2D eigenvalue weighted by Gasteiger charge is 2.37. The number of nitrogens with one attached hydrogen (secondary N) is 1. The summed E-state index contributed by atoms with van der Waals surface area (Å²) in [6.07, 6.45) is 2.94. The van der Waals surface area contributed by atoms with E-state index in [9.17, 15) is 10.1 Å². The number of hydrogen-bond acceptors (Lipinski definition) is 3. The first kappa shape index (κ1) is 17.7. The molecule has 3 nitrogen and oxygen atoms in total. The molecule has 0 bridgehead atoms. The van der Waals surface area contributed by atoms with Gasteiger partial charge in [-0.3, -0.25) is 4.79 Å². The molecule has 0 aliphatic carbocycles. The molecular formula is C17H26N2OS. The van der Waals surface area contributed by atoms with Crippen LogP contribution in [0.25, 0.3) is 0 Å². The second-order valence-corrected chi connectivity index (χ2v) is 7.19. The molecule has 0 aliphatic heterocycles. The maximum Gasteiger partial charge on any atom is 0.240 e. The first-order valence-corrected chi connectivity index (χ1v) is 8.53. The third-order valence-corrected chi connectivity index (χ3v) is 5.12. The van der Waals surface area contributed by atoms with Gasteiger partial charge < -0.3 is 5.32 Å². The van der Waals surface area contributed by atoms with E-state index in [1.165, 1.54) is 4.88 Å². The minimum absolute atomic E-state index is 0.108. The summed E-state index contributed by atoms with van der Waals surface area (Å²) in [5.41, 5.74) is -0.974. The molecule has 0 saturated carbocycles. The molecule has 0 saturated heterocycles. The van der Waals surface area contributed by atoms with Crippen molar-refractivity contribution in [3.8, 4) is 6.07 Å². The van der Waals surface area contributed by atoms with Gasteiger partial charge in [-0.1, -0.05) is 46.6 Å². The Bertz CT molecular complexity index is 479. The quantitative estimate of drug-likeness (QED) is 0.780. The molecule has 1 aromatic rings. The second-order valence-electron chi connectivity index (χ2n) is 6.24. The van der Waals surface area contributed by atoms with Crippen LogP contribution in [-0.2, 0) is 10.2 Å². The zero-order chi connectivity index (χ0) is 15.9. The molecule has 1 aromatic heterocycles. The smallest absolute Gasteiger partial charge is 0.240 e. The summed E-state index contributed by atoms with van der Waals surface area (Å²) in [6, 6.07) is 6.39. The van der Waals surface area contributed by atoms with E-state index in [0.717, 1.165) is 12.8 Å². The minimum Gasteiger partial charge on any atom is -0.354 e. The van der Waals surface area contributed by atoms with Gasteiger partial charge in [0.1, 0.15) is 5.41 Å². The van der Waals surface area contributed by atoms with Crippen molar-refractivity contribution in [2.45, 2.75) is 58.8 Å². The van der Waals surface area contributed by atoms with Gasteiger partial charge in [-0.2, -0.15) is 5.26 Å². The summed E-state index contributed by atoms with van der Waals surface area (Å²) in [4.78, 5) is 13.8. The van der Waals surface area contributed by atoms with Gasteiger partial charge in [-0.25, -0.2) is 0 Å². The van der Waals surface area contributed by atoms with Gasteiger partial charge in [-0.15, -0.1) is 11.3 Å². The summed E-state index contributed by atoms with van der Waals surface area (Å²) in [6.45, 7) is 8.83. The normalized spacial score (nSPS) is 12.0. The van der Waals surface area contributed by atoms with E-state index >= 15 is 0 Å². The van der Waals surface area contributed by atoms with Crippen LogP contribution in [0.5, 0.6) is 0 Å². The fourth-order valence-electron chi connectivity index (χ4n) is 2.59. The van der Waals surface area contributed by atoms with Crippen LogP contribution in [0.3, 0.4) is 0 Å². The van der Waals surface area contributed by atoms with Gasteiger partial charge in [0, 0.05) is 16.8 Å². The highest BCUT2D eigenvalue weighted by molar-refractivity contribution is 7.10. The molecular weight excluding hydrogens is 280 g/mol. The zero-order valence-electron chi connectivity index (χ0n) is 13.5. The Balaban J connectivity index is 2.77. The molecule has 116 valence electrons. The molecule has 1 heterocycles. The topological polar surface area (TPSA) is 52.9 Å². The standard InChI is InChI=1S/C17H26N2OS/c1-5-9-17(12-18,10-6-2)15(20)19-13-16(3,4)14-8-7-11-21-14/h7-8,11H,5-6,9-10,13H2,1-4H3,(H,19,20). The Morgan fingerprint density at radius 3 is 2.38 bits per heavy atom. The molecule has 0 radical (unpaired) electrons. The van der Waals surface area contributed by atoms with Crippen LogP contribution in [0, 0.1) is 16.7 Å². The van der Waals surface area contributed by atoms with Gasteiger partial charge in [0.15, 0.2) is 0 Å². The third-order valence-electron chi connectivity index (χ3n) is 3.88. The molecule has 0 atom stereocenters. The SMILES string of the molecule is CCCC(C#N)(CCC)C(=O)NCC(C)(C)c1cccs1. The Kier molecular flexibility index (Phi) is 6.42. The third kappa shape index (κ3) is 4.31. The van der Waals surface area contributed by atoms with Gasteiger partial charge in [0.2, 0.25) is 5.91 Å². The number of nitriles is 1. The highest BCUT2D eigenvalue weighted by atomic mass is 32.1. The highest BCUT2D eigenvalue weighted by Crippen LogP contribution is 2.31. The van der Waals surface area contributed by atoms with Crippen molar-refractivity contribution in [2.75, 3.05) is 6.54 Å². The molecule has 1 amide bonds. The Morgan fingerprint density at radius 2 is 1.95 bits per heavy atom. The monoisotopic (exact) mass is 306 g/mol. The number of amides is 1. The van der Waals surface area contributed by atoms with Crippen LogP contribution in [-0.4, -0.2) is 12.5 Å².